The largest absolute Gasteiger partial charge is 0.497 e. The van der Waals surface area contributed by atoms with Crippen molar-refractivity contribution in [1.82, 2.24) is 0 Å². The van der Waals surface area contributed by atoms with Gasteiger partial charge in [0.1, 0.15) is 11.5 Å². The Balaban J connectivity index is 1.95. The Morgan fingerprint density at radius 1 is 1.04 bits per heavy atom. The maximum Gasteiger partial charge on any atom is 0.233 e. The Hall–Kier alpha value is -2.21. The highest BCUT2D eigenvalue weighted by molar-refractivity contribution is 7.92. The Morgan fingerprint density at radius 2 is 1.75 bits per heavy atom. The molecule has 0 unspecified atom stereocenters. The molecule has 0 bridgehead atoms. The van der Waals surface area contributed by atoms with Crippen molar-refractivity contribution >= 4 is 15.7 Å². The monoisotopic (exact) mass is 349 g/mol. The molecule has 130 valence electrons. The molecule has 0 aliphatic carbocycles. The van der Waals surface area contributed by atoms with Gasteiger partial charge in [0.15, 0.2) is 0 Å². The minimum Gasteiger partial charge on any atom is -0.497 e. The topological polar surface area (TPSA) is 64.6 Å². The van der Waals surface area contributed by atoms with Gasteiger partial charge in [0, 0.05) is 5.69 Å². The van der Waals surface area contributed by atoms with Crippen molar-refractivity contribution in [2.45, 2.75) is 26.4 Å². The van der Waals surface area contributed by atoms with Crippen molar-refractivity contribution in [3.63, 3.8) is 0 Å². The first kappa shape index (κ1) is 18.1. The molecular formula is C18H23NO4S. The lowest BCUT2D eigenvalue weighted by atomic mass is 10.2. The molecule has 0 aliphatic heterocycles. The first-order valence-electron chi connectivity index (χ1n) is 7.78. The summed E-state index contributed by atoms with van der Waals surface area (Å²) in [6.07, 6.45) is 0.497. The third-order valence-electron chi connectivity index (χ3n) is 3.29. The fourth-order valence-electron chi connectivity index (χ4n) is 2.18. The number of nitrogens with one attached hydrogen (secondary N) is 1. The van der Waals surface area contributed by atoms with E-state index in [0.29, 0.717) is 17.9 Å². The lowest BCUT2D eigenvalue weighted by Gasteiger charge is -2.11. The van der Waals surface area contributed by atoms with E-state index >= 15 is 0 Å². The average Bonchev–Trinajstić information content (AvgIpc) is 2.54. The van der Waals surface area contributed by atoms with Gasteiger partial charge in [-0.1, -0.05) is 12.1 Å². The molecule has 24 heavy (non-hydrogen) atoms. The van der Waals surface area contributed by atoms with E-state index in [9.17, 15) is 8.42 Å². The van der Waals surface area contributed by atoms with E-state index in [1.807, 2.05) is 38.1 Å². The van der Waals surface area contributed by atoms with Gasteiger partial charge >= 0.3 is 0 Å². The van der Waals surface area contributed by atoms with E-state index in [1.54, 1.807) is 31.4 Å². The molecule has 5 nitrogen and oxygen atoms in total. The van der Waals surface area contributed by atoms with Crippen LogP contribution in [0.25, 0.3) is 0 Å². The van der Waals surface area contributed by atoms with Gasteiger partial charge < -0.3 is 9.47 Å². The van der Waals surface area contributed by atoms with E-state index in [4.69, 9.17) is 9.47 Å². The van der Waals surface area contributed by atoms with Crippen LogP contribution in [0.1, 0.15) is 19.4 Å². The number of aryl methyl sites for hydroxylation is 1. The molecule has 2 rings (SSSR count). The summed E-state index contributed by atoms with van der Waals surface area (Å²) in [7, 11) is -1.83. The van der Waals surface area contributed by atoms with Gasteiger partial charge in [-0.15, -0.1) is 0 Å². The van der Waals surface area contributed by atoms with E-state index in [-0.39, 0.29) is 11.9 Å². The summed E-state index contributed by atoms with van der Waals surface area (Å²) in [5, 5.41) is 0. The van der Waals surface area contributed by atoms with Crippen molar-refractivity contribution in [2.75, 3.05) is 17.6 Å². The van der Waals surface area contributed by atoms with Crippen LogP contribution >= 0.6 is 0 Å². The third-order valence-corrected chi connectivity index (χ3v) is 4.58. The number of benzene rings is 2. The van der Waals surface area contributed by atoms with Crippen molar-refractivity contribution in [3.8, 4) is 11.5 Å². The summed E-state index contributed by atoms with van der Waals surface area (Å²) in [4.78, 5) is 0. The van der Waals surface area contributed by atoms with Crippen LogP contribution in [-0.4, -0.2) is 27.4 Å². The second-order valence-electron chi connectivity index (χ2n) is 5.71. The second kappa shape index (κ2) is 8.06. The molecule has 0 saturated heterocycles. The predicted octanol–water partition coefficient (Wildman–Crippen LogP) is 3.47. The average molecular weight is 349 g/mol. The zero-order chi connectivity index (χ0) is 17.6. The van der Waals surface area contributed by atoms with Crippen LogP contribution in [0, 0.1) is 0 Å². The van der Waals surface area contributed by atoms with Gasteiger partial charge in [0.25, 0.3) is 0 Å². The van der Waals surface area contributed by atoms with Crippen molar-refractivity contribution in [1.29, 1.82) is 0 Å². The number of ether oxygens (including phenoxy) is 2. The molecule has 0 fully saturated rings. The molecule has 6 heteroatoms. The molecule has 0 atom stereocenters. The maximum atomic E-state index is 12.2. The molecule has 0 spiro atoms. The lowest BCUT2D eigenvalue weighted by molar-refractivity contribution is 0.242. The summed E-state index contributed by atoms with van der Waals surface area (Å²) >= 11 is 0. The molecule has 0 aromatic heterocycles. The molecular weight excluding hydrogens is 326 g/mol. The van der Waals surface area contributed by atoms with E-state index in [0.717, 1.165) is 11.3 Å². The molecule has 0 heterocycles. The van der Waals surface area contributed by atoms with Gasteiger partial charge in [0.2, 0.25) is 10.0 Å². The highest BCUT2D eigenvalue weighted by atomic mass is 32.2. The molecule has 1 N–H and O–H groups in total. The first-order valence-corrected chi connectivity index (χ1v) is 9.43. The molecule has 0 amide bonds. The standard InChI is InChI=1S/C18H23NO4S/c1-14(2)23-17-9-7-16(8-10-17)19-24(20,21)12-11-15-5-4-6-18(13-15)22-3/h4-10,13-14,19H,11-12H2,1-3H3. The minimum absolute atomic E-state index is 0.00438. The molecule has 2 aromatic rings. The number of rotatable bonds is 8. The van der Waals surface area contributed by atoms with Crippen molar-refractivity contribution < 1.29 is 17.9 Å². The number of anilines is 1. The van der Waals surface area contributed by atoms with Crippen LogP contribution in [0.3, 0.4) is 0 Å². The summed E-state index contributed by atoms with van der Waals surface area (Å²) in [6, 6.07) is 14.3. The number of methoxy groups -OCH3 is 1. The van der Waals surface area contributed by atoms with E-state index in [2.05, 4.69) is 4.72 Å². The zero-order valence-corrected chi connectivity index (χ0v) is 15.0. The van der Waals surface area contributed by atoms with E-state index < -0.39 is 10.0 Å². The summed E-state index contributed by atoms with van der Waals surface area (Å²) in [5.74, 6) is 1.44. The molecule has 2 aromatic carbocycles. The number of hydrogen-bond donors (Lipinski definition) is 1. The zero-order valence-electron chi connectivity index (χ0n) is 14.2. The molecule has 0 aliphatic rings. The summed E-state index contributed by atoms with van der Waals surface area (Å²) < 4.78 is 37.7. The van der Waals surface area contributed by atoms with Crippen LogP contribution in [0.2, 0.25) is 0 Å². The Bertz CT molecular complexity index is 755. The van der Waals surface area contributed by atoms with Crippen LogP contribution in [0.4, 0.5) is 5.69 Å². The van der Waals surface area contributed by atoms with Crippen molar-refractivity contribution in [2.24, 2.45) is 0 Å². The summed E-state index contributed by atoms with van der Waals surface area (Å²) in [5.41, 5.74) is 1.44. The number of hydrogen-bond acceptors (Lipinski definition) is 4. The van der Waals surface area contributed by atoms with Crippen molar-refractivity contribution in [3.05, 3.63) is 54.1 Å². The first-order chi connectivity index (χ1) is 11.4. The second-order valence-corrected chi connectivity index (χ2v) is 7.56. The SMILES string of the molecule is COc1cccc(CCS(=O)(=O)Nc2ccc(OC(C)C)cc2)c1. The van der Waals surface area contributed by atoms with Gasteiger partial charge in [-0.25, -0.2) is 8.42 Å². The fourth-order valence-corrected chi connectivity index (χ4v) is 3.29. The van der Waals surface area contributed by atoms with Gasteiger partial charge in [0.05, 0.1) is 19.0 Å². The smallest absolute Gasteiger partial charge is 0.233 e. The van der Waals surface area contributed by atoms with Crippen LogP contribution in [0.5, 0.6) is 11.5 Å². The lowest BCUT2D eigenvalue weighted by Crippen LogP contribution is -2.18. The van der Waals surface area contributed by atoms with Gasteiger partial charge in [-0.2, -0.15) is 0 Å². The Labute approximate surface area is 143 Å². The maximum absolute atomic E-state index is 12.2. The highest BCUT2D eigenvalue weighted by Crippen LogP contribution is 2.18. The normalized spacial score (nSPS) is 11.3. The van der Waals surface area contributed by atoms with Crippen LogP contribution < -0.4 is 14.2 Å². The fraction of sp³-hybridized carbons (Fsp3) is 0.333. The van der Waals surface area contributed by atoms with Crippen LogP contribution in [-0.2, 0) is 16.4 Å². The Morgan fingerprint density at radius 3 is 2.38 bits per heavy atom. The molecule has 0 saturated carbocycles. The van der Waals surface area contributed by atoms with E-state index in [1.165, 1.54) is 0 Å². The van der Waals surface area contributed by atoms with Gasteiger partial charge in [-0.3, -0.25) is 4.72 Å². The van der Waals surface area contributed by atoms with Crippen LogP contribution in [0.15, 0.2) is 48.5 Å². The third kappa shape index (κ3) is 5.77. The predicted molar refractivity (Wildman–Crippen MR) is 96.3 cm³/mol. The molecule has 0 radical (unpaired) electrons. The number of sulfonamides is 1. The summed E-state index contributed by atoms with van der Waals surface area (Å²) in [6.45, 7) is 3.88. The Kier molecular flexibility index (Phi) is 6.09. The minimum atomic E-state index is -3.42. The van der Waals surface area contributed by atoms with Gasteiger partial charge in [-0.05, 0) is 62.2 Å². The quantitative estimate of drug-likeness (QED) is 0.792. The highest BCUT2D eigenvalue weighted by Gasteiger charge is 2.11.